The summed E-state index contributed by atoms with van der Waals surface area (Å²) < 4.78 is 38.9. The van der Waals surface area contributed by atoms with Crippen LogP contribution >= 0.6 is 0 Å². The van der Waals surface area contributed by atoms with Crippen molar-refractivity contribution >= 4 is 21.8 Å². The summed E-state index contributed by atoms with van der Waals surface area (Å²) in [6.07, 6.45) is -1.30. The van der Waals surface area contributed by atoms with Crippen molar-refractivity contribution in [1.29, 1.82) is 5.26 Å². The van der Waals surface area contributed by atoms with E-state index >= 15 is 0 Å². The lowest BCUT2D eigenvalue weighted by Gasteiger charge is -2.37. The van der Waals surface area contributed by atoms with E-state index in [0.717, 1.165) is 45.1 Å². The summed E-state index contributed by atoms with van der Waals surface area (Å²) in [5.74, 6) is 0. The van der Waals surface area contributed by atoms with Crippen molar-refractivity contribution in [2.75, 3.05) is 57.9 Å². The van der Waals surface area contributed by atoms with Gasteiger partial charge in [0.1, 0.15) is 12.2 Å². The van der Waals surface area contributed by atoms with Crippen molar-refractivity contribution in [1.82, 2.24) is 9.62 Å². The van der Waals surface area contributed by atoms with Gasteiger partial charge < -0.3 is 30.1 Å². The number of nitrogens with zero attached hydrogens (tertiary/aromatic N) is 2. The molecule has 0 amide bonds. The predicted octanol–water partition coefficient (Wildman–Crippen LogP) is -0.134. The van der Waals surface area contributed by atoms with Crippen LogP contribution in [0, 0.1) is 11.3 Å². The van der Waals surface area contributed by atoms with Gasteiger partial charge in [0.15, 0.2) is 4.91 Å². The molecule has 4 atom stereocenters. The summed E-state index contributed by atoms with van der Waals surface area (Å²) >= 11 is 0. The van der Waals surface area contributed by atoms with Crippen LogP contribution in [0.5, 0.6) is 0 Å². The molecule has 0 unspecified atom stereocenters. The highest BCUT2D eigenvalue weighted by Gasteiger charge is 2.37. The molecule has 2 aliphatic heterocycles. The third-order valence-corrected chi connectivity index (χ3v) is 7.61. The van der Waals surface area contributed by atoms with E-state index in [1.807, 2.05) is 12.1 Å². The highest BCUT2D eigenvalue weighted by atomic mass is 32.2. The average molecular weight is 525 g/mol. The number of nitriles is 1. The monoisotopic (exact) mass is 524 g/mol. The first-order valence-electron chi connectivity index (χ1n) is 12.2. The summed E-state index contributed by atoms with van der Waals surface area (Å²) in [7, 11) is -4.18. The maximum absolute atomic E-state index is 12.7. The van der Waals surface area contributed by atoms with E-state index in [2.05, 4.69) is 14.9 Å². The molecule has 2 aliphatic rings. The van der Waals surface area contributed by atoms with Crippen LogP contribution in [0.2, 0.25) is 0 Å². The number of ether oxygens (including phenoxy) is 2. The van der Waals surface area contributed by atoms with Crippen LogP contribution < -0.4 is 10.0 Å². The summed E-state index contributed by atoms with van der Waals surface area (Å²) in [6.45, 7) is 4.67. The number of aliphatic hydroxyl groups is 3. The van der Waals surface area contributed by atoms with E-state index in [9.17, 15) is 23.9 Å². The van der Waals surface area contributed by atoms with Crippen LogP contribution in [0.1, 0.15) is 24.8 Å². The minimum atomic E-state index is -4.18. The lowest BCUT2D eigenvalue weighted by Crippen LogP contribution is -2.52. The van der Waals surface area contributed by atoms with Crippen LogP contribution in [0.3, 0.4) is 0 Å². The molecule has 0 aliphatic carbocycles. The number of aliphatic hydroxyl groups excluding tert-OH is 3. The van der Waals surface area contributed by atoms with Gasteiger partial charge >= 0.3 is 0 Å². The Bertz CT molecular complexity index is 991. The SMILES string of the molecule is N#C/C(=C\c1ccc(NCCN2CCOCC2)cc1)S(=O)(=O)NC[C@H]1O[C@@H](CCCO)C[C@@H](O)[C@@H]1O. The molecule has 200 valence electrons. The van der Waals surface area contributed by atoms with E-state index in [-0.39, 0.29) is 19.6 Å². The molecule has 0 spiro atoms. The van der Waals surface area contributed by atoms with Gasteiger partial charge in [0.2, 0.25) is 0 Å². The van der Waals surface area contributed by atoms with Gasteiger partial charge in [-0.15, -0.1) is 0 Å². The lowest BCUT2D eigenvalue weighted by molar-refractivity contribution is -0.167. The molecule has 2 fully saturated rings. The molecule has 11 nitrogen and oxygen atoms in total. The van der Waals surface area contributed by atoms with Crippen molar-refractivity contribution in [2.24, 2.45) is 0 Å². The first-order chi connectivity index (χ1) is 17.3. The number of benzene rings is 1. The molecule has 2 heterocycles. The minimum Gasteiger partial charge on any atom is -0.396 e. The third-order valence-electron chi connectivity index (χ3n) is 6.27. The highest BCUT2D eigenvalue weighted by Crippen LogP contribution is 2.23. The van der Waals surface area contributed by atoms with Gasteiger partial charge in [0.05, 0.1) is 31.5 Å². The van der Waals surface area contributed by atoms with Gasteiger partial charge in [-0.05, 0) is 36.6 Å². The molecule has 1 aromatic carbocycles. The first-order valence-corrected chi connectivity index (χ1v) is 13.7. The van der Waals surface area contributed by atoms with Crippen molar-refractivity contribution in [3.8, 4) is 6.07 Å². The fourth-order valence-electron chi connectivity index (χ4n) is 4.18. The Labute approximate surface area is 212 Å². The zero-order chi connectivity index (χ0) is 26.0. The second-order valence-corrected chi connectivity index (χ2v) is 10.7. The number of morpholine rings is 1. The normalized spacial score (nSPS) is 25.9. The zero-order valence-electron chi connectivity index (χ0n) is 20.3. The largest absolute Gasteiger partial charge is 0.396 e. The first kappa shape index (κ1) is 28.5. The molecule has 3 rings (SSSR count). The summed E-state index contributed by atoms with van der Waals surface area (Å²) in [5, 5.41) is 42.1. The maximum Gasteiger partial charge on any atom is 0.250 e. The number of hydrogen-bond acceptors (Lipinski definition) is 10. The Morgan fingerprint density at radius 3 is 2.61 bits per heavy atom. The van der Waals surface area contributed by atoms with E-state index < -0.39 is 39.3 Å². The molecule has 5 N–H and O–H groups in total. The van der Waals surface area contributed by atoms with Crippen molar-refractivity contribution < 1.29 is 33.2 Å². The standard InChI is InChI=1S/C24H36N4O7S/c25-16-21(14-18-3-5-19(6-4-18)26-7-8-28-9-12-34-13-10-28)36(32,33)27-17-23-24(31)22(30)15-20(35-23)2-1-11-29/h3-6,14,20,22-24,26-27,29-31H,1-2,7-13,15,17H2/b21-14+/t20-,22+,23+,24-/m0/s1. The van der Waals surface area contributed by atoms with E-state index in [1.54, 1.807) is 18.2 Å². The molecule has 36 heavy (non-hydrogen) atoms. The maximum atomic E-state index is 12.7. The van der Waals surface area contributed by atoms with Crippen molar-refractivity contribution in [2.45, 2.75) is 43.7 Å². The van der Waals surface area contributed by atoms with Crippen LogP contribution in [-0.2, 0) is 19.5 Å². The van der Waals surface area contributed by atoms with Crippen molar-refractivity contribution in [3.63, 3.8) is 0 Å². The summed E-state index contributed by atoms with van der Waals surface area (Å²) in [5.41, 5.74) is 1.43. The molecule has 0 aromatic heterocycles. The smallest absolute Gasteiger partial charge is 0.250 e. The second-order valence-electron chi connectivity index (χ2n) is 8.93. The van der Waals surface area contributed by atoms with Gasteiger partial charge in [-0.3, -0.25) is 4.90 Å². The van der Waals surface area contributed by atoms with Gasteiger partial charge in [0, 0.05) is 51.4 Å². The van der Waals surface area contributed by atoms with E-state index in [1.165, 1.54) is 6.08 Å². The van der Waals surface area contributed by atoms with Gasteiger partial charge in [0.25, 0.3) is 10.0 Å². The Hall–Kier alpha value is -2.08. The lowest BCUT2D eigenvalue weighted by atomic mass is 9.95. The molecule has 2 saturated heterocycles. The number of anilines is 1. The molecular formula is C24H36N4O7S. The quantitative estimate of drug-likeness (QED) is 0.233. The average Bonchev–Trinajstić information content (AvgIpc) is 2.88. The Morgan fingerprint density at radius 1 is 1.22 bits per heavy atom. The number of sulfonamides is 1. The highest BCUT2D eigenvalue weighted by molar-refractivity contribution is 7.93. The number of allylic oxidation sites excluding steroid dienone is 1. The van der Waals surface area contributed by atoms with Gasteiger partial charge in [-0.25, -0.2) is 13.1 Å². The van der Waals surface area contributed by atoms with Gasteiger partial charge in [-0.2, -0.15) is 5.26 Å². The van der Waals surface area contributed by atoms with Crippen molar-refractivity contribution in [3.05, 3.63) is 34.7 Å². The predicted molar refractivity (Wildman–Crippen MR) is 134 cm³/mol. The molecule has 0 bridgehead atoms. The topological polar surface area (TPSA) is 164 Å². The fourth-order valence-corrected chi connectivity index (χ4v) is 5.14. The number of hydrogen-bond donors (Lipinski definition) is 5. The second kappa shape index (κ2) is 14.0. The molecular weight excluding hydrogens is 488 g/mol. The third kappa shape index (κ3) is 8.50. The zero-order valence-corrected chi connectivity index (χ0v) is 21.1. The van der Waals surface area contributed by atoms with Crippen LogP contribution in [0.15, 0.2) is 29.2 Å². The Kier molecular flexibility index (Phi) is 11.1. The summed E-state index contributed by atoms with van der Waals surface area (Å²) in [4.78, 5) is 1.84. The van der Waals surface area contributed by atoms with E-state index in [4.69, 9.17) is 14.6 Å². The van der Waals surface area contributed by atoms with Gasteiger partial charge in [-0.1, -0.05) is 12.1 Å². The number of nitrogens with one attached hydrogen (secondary N) is 2. The van der Waals surface area contributed by atoms with E-state index in [0.29, 0.717) is 18.4 Å². The summed E-state index contributed by atoms with van der Waals surface area (Å²) in [6, 6.07) is 8.80. The molecule has 1 aromatic rings. The van der Waals surface area contributed by atoms with Crippen LogP contribution in [0.25, 0.3) is 6.08 Å². The molecule has 0 saturated carbocycles. The van der Waals surface area contributed by atoms with Crippen LogP contribution in [0.4, 0.5) is 5.69 Å². The fraction of sp³-hybridized carbons (Fsp3) is 0.625. The Morgan fingerprint density at radius 2 is 1.94 bits per heavy atom. The minimum absolute atomic E-state index is 0.0301. The van der Waals surface area contributed by atoms with Crippen LogP contribution in [-0.4, -0.2) is 106 Å². The number of rotatable bonds is 12. The Balaban J connectivity index is 1.55. The molecule has 0 radical (unpaired) electrons. The molecule has 12 heteroatoms.